The summed E-state index contributed by atoms with van der Waals surface area (Å²) in [4.78, 5) is 0.889. The number of hydrogen-bond acceptors (Lipinski definition) is 2. The van der Waals surface area contributed by atoms with Gasteiger partial charge in [-0.2, -0.15) is 0 Å². The highest BCUT2D eigenvalue weighted by molar-refractivity contribution is 7.85. The van der Waals surface area contributed by atoms with Gasteiger partial charge in [0, 0.05) is 0 Å². The van der Waals surface area contributed by atoms with Crippen LogP contribution in [0.3, 0.4) is 0 Å². The Balaban J connectivity index is 1.62. The Morgan fingerprint density at radius 2 is 1.43 bits per heavy atom. The van der Waals surface area contributed by atoms with E-state index in [1.807, 2.05) is 42.5 Å². The van der Waals surface area contributed by atoms with E-state index in [1.165, 1.54) is 16.3 Å². The Hall–Kier alpha value is -2.91. The van der Waals surface area contributed by atoms with Crippen LogP contribution < -0.4 is 5.32 Å². The molecule has 0 saturated heterocycles. The van der Waals surface area contributed by atoms with Gasteiger partial charge in [0.1, 0.15) is 0 Å². The molecule has 0 spiro atoms. The first-order chi connectivity index (χ1) is 13.8. The van der Waals surface area contributed by atoms with Gasteiger partial charge in [-0.05, 0) is 46.5 Å². The van der Waals surface area contributed by atoms with Crippen molar-refractivity contribution in [2.75, 3.05) is 5.32 Å². The zero-order chi connectivity index (χ0) is 18.9. The molecule has 1 aliphatic rings. The molecule has 1 heterocycles. The van der Waals surface area contributed by atoms with Crippen LogP contribution in [0.15, 0.2) is 102 Å². The van der Waals surface area contributed by atoms with Crippen molar-refractivity contribution >= 4 is 27.3 Å². The molecule has 28 heavy (non-hydrogen) atoms. The zero-order valence-corrected chi connectivity index (χ0v) is 16.2. The number of fused-ring (bicyclic) bond motifs is 2. The minimum Gasteiger partial charge on any atom is -0.377 e. The van der Waals surface area contributed by atoms with Crippen LogP contribution in [-0.4, -0.2) is 4.21 Å². The van der Waals surface area contributed by atoms with Crippen LogP contribution in [0.4, 0.5) is 5.69 Å². The zero-order valence-electron chi connectivity index (χ0n) is 15.4. The van der Waals surface area contributed by atoms with Crippen LogP contribution >= 0.6 is 0 Å². The second-order valence-electron chi connectivity index (χ2n) is 7.23. The number of rotatable bonds is 2. The van der Waals surface area contributed by atoms with E-state index in [-0.39, 0.29) is 11.3 Å². The molecule has 0 aliphatic carbocycles. The van der Waals surface area contributed by atoms with E-state index < -0.39 is 10.8 Å². The standard InChI is InChI=1S/C25H21NOS/c27-28-24-13-7-6-12-22(24)26-23(17-25(28)19-9-2-1-3-10-19)21-15-14-18-8-4-5-11-20(18)16-21/h1-16,23,25-26H,17H2. The monoisotopic (exact) mass is 383 g/mol. The summed E-state index contributed by atoms with van der Waals surface area (Å²) in [6.07, 6.45) is 0.781. The van der Waals surface area contributed by atoms with E-state index in [4.69, 9.17) is 0 Å². The van der Waals surface area contributed by atoms with E-state index in [2.05, 4.69) is 59.9 Å². The van der Waals surface area contributed by atoms with Gasteiger partial charge in [0.2, 0.25) is 0 Å². The van der Waals surface area contributed by atoms with Gasteiger partial charge in [0.25, 0.3) is 0 Å². The van der Waals surface area contributed by atoms with Crippen LogP contribution in [0, 0.1) is 0 Å². The van der Waals surface area contributed by atoms with Crippen molar-refractivity contribution in [2.45, 2.75) is 22.6 Å². The fourth-order valence-electron chi connectivity index (χ4n) is 4.03. The fourth-order valence-corrected chi connectivity index (χ4v) is 5.67. The molecular weight excluding hydrogens is 362 g/mol. The highest BCUT2D eigenvalue weighted by atomic mass is 32.2. The third-order valence-electron chi connectivity index (χ3n) is 5.49. The van der Waals surface area contributed by atoms with E-state index in [1.54, 1.807) is 0 Å². The number of anilines is 1. The Labute approximate surface area is 167 Å². The molecule has 0 saturated carbocycles. The van der Waals surface area contributed by atoms with Gasteiger partial charge in [-0.3, -0.25) is 4.21 Å². The van der Waals surface area contributed by atoms with Crippen LogP contribution in [0.2, 0.25) is 0 Å². The van der Waals surface area contributed by atoms with Crippen molar-refractivity contribution in [2.24, 2.45) is 0 Å². The average molecular weight is 384 g/mol. The van der Waals surface area contributed by atoms with Gasteiger partial charge in [-0.15, -0.1) is 0 Å². The first-order valence-corrected chi connectivity index (χ1v) is 10.8. The molecule has 138 valence electrons. The van der Waals surface area contributed by atoms with E-state index >= 15 is 0 Å². The molecular formula is C25H21NOS. The van der Waals surface area contributed by atoms with Crippen molar-refractivity contribution < 1.29 is 4.21 Å². The molecule has 3 heteroatoms. The highest BCUT2D eigenvalue weighted by Gasteiger charge is 2.30. The van der Waals surface area contributed by atoms with Crippen LogP contribution in [0.1, 0.15) is 28.8 Å². The summed E-state index contributed by atoms with van der Waals surface area (Å²) in [6.45, 7) is 0. The van der Waals surface area contributed by atoms with Gasteiger partial charge in [0.15, 0.2) is 0 Å². The van der Waals surface area contributed by atoms with Crippen molar-refractivity contribution in [3.63, 3.8) is 0 Å². The van der Waals surface area contributed by atoms with E-state index in [0.29, 0.717) is 0 Å². The molecule has 0 amide bonds. The molecule has 1 N–H and O–H groups in total. The topological polar surface area (TPSA) is 29.1 Å². The lowest BCUT2D eigenvalue weighted by Gasteiger charge is -2.22. The van der Waals surface area contributed by atoms with Gasteiger partial charge in [-0.25, -0.2) is 0 Å². The Bertz CT molecular complexity index is 1160. The summed E-state index contributed by atoms with van der Waals surface area (Å²) < 4.78 is 13.5. The van der Waals surface area contributed by atoms with Crippen LogP contribution in [0.5, 0.6) is 0 Å². The third-order valence-corrected chi connectivity index (χ3v) is 7.26. The Morgan fingerprint density at radius 1 is 0.714 bits per heavy atom. The minimum absolute atomic E-state index is 0.0474. The molecule has 2 nitrogen and oxygen atoms in total. The summed E-state index contributed by atoms with van der Waals surface area (Å²) in [6, 6.07) is 33.4. The van der Waals surface area contributed by atoms with Gasteiger partial charge in [-0.1, -0.05) is 78.9 Å². The summed E-state index contributed by atoms with van der Waals surface area (Å²) in [5.74, 6) is 0. The molecule has 3 unspecified atom stereocenters. The van der Waals surface area contributed by atoms with E-state index in [0.717, 1.165) is 22.6 Å². The second-order valence-corrected chi connectivity index (χ2v) is 8.84. The molecule has 0 fully saturated rings. The predicted molar refractivity (Wildman–Crippen MR) is 117 cm³/mol. The fraction of sp³-hybridized carbons (Fsp3) is 0.120. The molecule has 1 aliphatic heterocycles. The average Bonchev–Trinajstić information content (AvgIpc) is 2.91. The lowest BCUT2D eigenvalue weighted by atomic mass is 9.96. The molecule has 0 radical (unpaired) electrons. The molecule has 3 atom stereocenters. The summed E-state index contributed by atoms with van der Waals surface area (Å²) in [7, 11) is -1.11. The Morgan fingerprint density at radius 3 is 2.29 bits per heavy atom. The van der Waals surface area contributed by atoms with E-state index in [9.17, 15) is 4.21 Å². The van der Waals surface area contributed by atoms with Gasteiger partial charge >= 0.3 is 0 Å². The van der Waals surface area contributed by atoms with Gasteiger partial charge < -0.3 is 5.32 Å². The number of hydrogen-bond donors (Lipinski definition) is 1. The summed E-state index contributed by atoms with van der Waals surface area (Å²) >= 11 is 0. The van der Waals surface area contributed by atoms with Crippen molar-refractivity contribution in [1.82, 2.24) is 0 Å². The second kappa shape index (κ2) is 7.25. The molecule has 4 aromatic carbocycles. The molecule has 4 aromatic rings. The lowest BCUT2D eigenvalue weighted by molar-refractivity contribution is 0.644. The van der Waals surface area contributed by atoms with Crippen molar-refractivity contribution in [3.8, 4) is 0 Å². The number of nitrogens with one attached hydrogen (secondary N) is 1. The SMILES string of the molecule is O=S1c2ccccc2NC(c2ccc3ccccc3c2)CC1c1ccccc1. The molecule has 5 rings (SSSR count). The van der Waals surface area contributed by atoms with Crippen molar-refractivity contribution in [3.05, 3.63) is 108 Å². The van der Waals surface area contributed by atoms with Crippen LogP contribution in [0.25, 0.3) is 10.8 Å². The van der Waals surface area contributed by atoms with Crippen molar-refractivity contribution in [1.29, 1.82) is 0 Å². The highest BCUT2D eigenvalue weighted by Crippen LogP contribution is 2.41. The first kappa shape index (κ1) is 17.2. The maximum Gasteiger partial charge on any atom is 0.0667 e. The van der Waals surface area contributed by atoms with Crippen LogP contribution in [-0.2, 0) is 10.8 Å². The summed E-state index contributed by atoms with van der Waals surface area (Å²) in [5, 5.41) is 6.10. The third kappa shape index (κ3) is 3.12. The first-order valence-electron chi connectivity index (χ1n) is 9.59. The maximum absolute atomic E-state index is 13.5. The largest absolute Gasteiger partial charge is 0.377 e. The maximum atomic E-state index is 13.5. The number of para-hydroxylation sites is 1. The smallest absolute Gasteiger partial charge is 0.0667 e. The Kier molecular flexibility index (Phi) is 4.46. The van der Waals surface area contributed by atoms with Gasteiger partial charge in [0.05, 0.1) is 32.7 Å². The normalized spacial score (nSPS) is 21.5. The minimum atomic E-state index is -1.11. The summed E-state index contributed by atoms with van der Waals surface area (Å²) in [5.41, 5.74) is 3.33. The number of benzene rings is 4. The molecule has 0 bridgehead atoms. The quantitative estimate of drug-likeness (QED) is 0.443. The predicted octanol–water partition coefficient (Wildman–Crippen LogP) is 6.25. The lowest BCUT2D eigenvalue weighted by Crippen LogP contribution is -2.13. The molecule has 0 aromatic heterocycles.